The number of ether oxygens (including phenoxy) is 1. The van der Waals surface area contributed by atoms with Crippen LogP contribution in [0.3, 0.4) is 0 Å². The average Bonchev–Trinajstić information content (AvgIpc) is 2.49. The summed E-state index contributed by atoms with van der Waals surface area (Å²) in [4.78, 5) is 12.8. The molecule has 0 saturated heterocycles. The van der Waals surface area contributed by atoms with Crippen molar-refractivity contribution in [1.82, 2.24) is 0 Å². The van der Waals surface area contributed by atoms with Gasteiger partial charge in [-0.15, -0.1) is 0 Å². The van der Waals surface area contributed by atoms with E-state index >= 15 is 0 Å². The molecule has 3 nitrogen and oxygen atoms in total. The molecule has 1 aliphatic carbocycles. The molecule has 1 unspecified atom stereocenters. The number of Topliss-reactive ketones (excluding diaryl/α,β-unsaturated/α-hetero) is 1. The number of carbonyl (C=O) groups is 1. The summed E-state index contributed by atoms with van der Waals surface area (Å²) in [6.07, 6.45) is 3.57. The van der Waals surface area contributed by atoms with E-state index in [1.54, 1.807) is 7.11 Å². The van der Waals surface area contributed by atoms with Gasteiger partial charge < -0.3 is 9.16 Å². The Morgan fingerprint density at radius 1 is 1.16 bits per heavy atom. The first-order valence-electron chi connectivity index (χ1n) is 9.03. The highest BCUT2D eigenvalue weighted by Crippen LogP contribution is 2.47. The second-order valence-corrected chi connectivity index (χ2v) is 14.4. The zero-order chi connectivity index (χ0) is 19.0. The van der Waals surface area contributed by atoms with Gasteiger partial charge in [-0.05, 0) is 66.0 Å². The number of ketones is 1. The molecule has 5 heteroatoms. The van der Waals surface area contributed by atoms with Crippen LogP contribution in [-0.4, -0.2) is 21.2 Å². The molecule has 1 aliphatic rings. The van der Waals surface area contributed by atoms with Crippen molar-refractivity contribution < 1.29 is 14.0 Å². The predicted molar refractivity (Wildman–Crippen MR) is 109 cm³/mol. The lowest BCUT2D eigenvalue weighted by molar-refractivity contribution is -0.125. The van der Waals surface area contributed by atoms with Crippen LogP contribution in [0.5, 0.6) is 11.5 Å². The Hall–Kier alpha value is -0.813. The molecule has 0 N–H and O–H groups in total. The van der Waals surface area contributed by atoms with E-state index in [-0.39, 0.29) is 5.04 Å². The first kappa shape index (κ1) is 20.5. The normalized spacial score (nSPS) is 22.0. The third-order valence-corrected chi connectivity index (χ3v) is 10.9. The summed E-state index contributed by atoms with van der Waals surface area (Å²) < 4.78 is 13.0. The largest absolute Gasteiger partial charge is 0.543 e. The number of hydrogen-bond acceptors (Lipinski definition) is 3. The van der Waals surface area contributed by atoms with Gasteiger partial charge in [-0.2, -0.15) is 0 Å². The van der Waals surface area contributed by atoms with Crippen LogP contribution in [0, 0.1) is 0 Å². The molecule has 1 fully saturated rings. The van der Waals surface area contributed by atoms with Crippen LogP contribution < -0.4 is 9.16 Å². The van der Waals surface area contributed by atoms with Gasteiger partial charge in [0, 0.05) is 12.0 Å². The van der Waals surface area contributed by atoms with E-state index in [2.05, 4.69) is 56.7 Å². The smallest absolute Gasteiger partial charge is 0.250 e. The topological polar surface area (TPSA) is 35.5 Å². The number of halogens is 1. The summed E-state index contributed by atoms with van der Waals surface area (Å²) in [5.74, 6) is 1.89. The molecule has 1 saturated carbocycles. The van der Waals surface area contributed by atoms with E-state index in [4.69, 9.17) is 9.16 Å². The van der Waals surface area contributed by atoms with Gasteiger partial charge in [-0.1, -0.05) is 27.2 Å². The zero-order valence-electron chi connectivity index (χ0n) is 16.6. The summed E-state index contributed by atoms with van der Waals surface area (Å²) in [5.41, 5.74) is 0.478. The van der Waals surface area contributed by atoms with Crippen molar-refractivity contribution in [3.05, 3.63) is 22.2 Å². The summed E-state index contributed by atoms with van der Waals surface area (Å²) in [7, 11) is -0.363. The molecule has 0 spiro atoms. The quantitative estimate of drug-likeness (QED) is 0.534. The van der Waals surface area contributed by atoms with Gasteiger partial charge in [0.1, 0.15) is 17.3 Å². The molecule has 140 valence electrons. The van der Waals surface area contributed by atoms with Crippen LogP contribution in [0.2, 0.25) is 18.1 Å². The fourth-order valence-corrected chi connectivity index (χ4v) is 4.61. The van der Waals surface area contributed by atoms with Crippen molar-refractivity contribution in [1.29, 1.82) is 0 Å². The van der Waals surface area contributed by atoms with E-state index in [1.807, 2.05) is 12.1 Å². The highest BCUT2D eigenvalue weighted by Gasteiger charge is 2.43. The second kappa shape index (κ2) is 7.07. The van der Waals surface area contributed by atoms with Gasteiger partial charge in [0.05, 0.1) is 17.0 Å². The van der Waals surface area contributed by atoms with E-state index in [0.717, 1.165) is 40.8 Å². The minimum Gasteiger partial charge on any atom is -0.543 e. The molecule has 1 atom stereocenters. The number of hydrogen-bond donors (Lipinski definition) is 0. The molecule has 1 aromatic carbocycles. The van der Waals surface area contributed by atoms with Crippen LogP contribution in [0.1, 0.15) is 58.9 Å². The van der Waals surface area contributed by atoms with E-state index in [9.17, 15) is 4.79 Å². The Labute approximate surface area is 161 Å². The van der Waals surface area contributed by atoms with Crippen LogP contribution in [0.15, 0.2) is 16.6 Å². The Kier molecular flexibility index (Phi) is 5.79. The van der Waals surface area contributed by atoms with E-state index in [1.165, 1.54) is 0 Å². The van der Waals surface area contributed by atoms with Crippen molar-refractivity contribution in [2.45, 2.75) is 76.9 Å². The van der Waals surface area contributed by atoms with Gasteiger partial charge >= 0.3 is 0 Å². The molecule has 2 rings (SSSR count). The number of rotatable bonds is 4. The summed E-state index contributed by atoms with van der Waals surface area (Å²) >= 11 is 3.58. The monoisotopic (exact) mass is 426 g/mol. The minimum absolute atomic E-state index is 0.0914. The van der Waals surface area contributed by atoms with Gasteiger partial charge in [-0.3, -0.25) is 4.79 Å². The predicted octanol–water partition coefficient (Wildman–Crippen LogP) is 6.24. The minimum atomic E-state index is -2.02. The number of methoxy groups -OCH3 is 1. The number of benzene rings is 1. The molecule has 0 aliphatic heterocycles. The fraction of sp³-hybridized carbons (Fsp3) is 0.650. The van der Waals surface area contributed by atoms with Crippen molar-refractivity contribution in [2.75, 3.05) is 7.11 Å². The lowest BCUT2D eigenvalue weighted by Gasteiger charge is -2.40. The standard InChI is InChI=1S/C20H31BrO3Si/c1-19(2,3)25(6,7)24-16-13-15(21)17(23-5)12-14(16)20(4)11-9-8-10-18(20)22/h12-13H,8-11H2,1-7H3. The van der Waals surface area contributed by atoms with E-state index in [0.29, 0.717) is 12.2 Å². The maximum absolute atomic E-state index is 12.8. The van der Waals surface area contributed by atoms with Gasteiger partial charge in [-0.25, -0.2) is 0 Å². The van der Waals surface area contributed by atoms with Gasteiger partial charge in [0.15, 0.2) is 0 Å². The Morgan fingerprint density at radius 2 is 1.80 bits per heavy atom. The molecule has 0 aromatic heterocycles. The SMILES string of the molecule is COc1cc(C2(C)CCCCC2=O)c(O[Si](C)(C)C(C)(C)C)cc1Br. The second-order valence-electron chi connectivity index (χ2n) is 8.81. The highest BCUT2D eigenvalue weighted by molar-refractivity contribution is 9.10. The highest BCUT2D eigenvalue weighted by atomic mass is 79.9. The third-order valence-electron chi connectivity index (χ3n) is 5.97. The number of carbonyl (C=O) groups excluding carboxylic acids is 1. The fourth-order valence-electron chi connectivity index (χ4n) is 3.10. The molecular weight excluding hydrogens is 396 g/mol. The summed E-state index contributed by atoms with van der Waals surface area (Å²) in [6.45, 7) is 13.2. The van der Waals surface area contributed by atoms with Gasteiger partial charge in [0.25, 0.3) is 0 Å². The van der Waals surface area contributed by atoms with Crippen molar-refractivity contribution in [2.24, 2.45) is 0 Å². The molecule has 0 radical (unpaired) electrons. The maximum atomic E-state index is 12.8. The Bertz CT molecular complexity index is 664. The lowest BCUT2D eigenvalue weighted by Crippen LogP contribution is -2.45. The molecule has 0 amide bonds. The third kappa shape index (κ3) is 3.97. The van der Waals surface area contributed by atoms with Gasteiger partial charge in [0.2, 0.25) is 8.32 Å². The van der Waals surface area contributed by atoms with Crippen molar-refractivity contribution >= 4 is 30.0 Å². The first-order chi connectivity index (χ1) is 11.4. The van der Waals surface area contributed by atoms with E-state index < -0.39 is 13.7 Å². The van der Waals surface area contributed by atoms with Crippen LogP contribution in [-0.2, 0) is 10.2 Å². The maximum Gasteiger partial charge on any atom is 0.250 e. The zero-order valence-corrected chi connectivity index (χ0v) is 19.2. The molecule has 1 aromatic rings. The Morgan fingerprint density at radius 3 is 2.32 bits per heavy atom. The van der Waals surface area contributed by atoms with Crippen molar-refractivity contribution in [3.63, 3.8) is 0 Å². The molecule has 0 heterocycles. The molecular formula is C20H31BrO3Si. The summed E-state index contributed by atoms with van der Waals surface area (Å²) in [6, 6.07) is 3.98. The van der Waals surface area contributed by atoms with Crippen LogP contribution >= 0.6 is 15.9 Å². The lowest BCUT2D eigenvalue weighted by atomic mass is 9.69. The molecule has 25 heavy (non-hydrogen) atoms. The Balaban J connectivity index is 2.59. The average molecular weight is 427 g/mol. The van der Waals surface area contributed by atoms with Crippen molar-refractivity contribution in [3.8, 4) is 11.5 Å². The van der Waals surface area contributed by atoms with Crippen LogP contribution in [0.25, 0.3) is 0 Å². The van der Waals surface area contributed by atoms with Crippen LogP contribution in [0.4, 0.5) is 0 Å². The first-order valence-corrected chi connectivity index (χ1v) is 12.7. The molecule has 0 bridgehead atoms. The summed E-state index contributed by atoms with van der Waals surface area (Å²) in [5, 5.41) is 0.0914.